The van der Waals surface area contributed by atoms with Crippen molar-refractivity contribution in [2.45, 2.75) is 101 Å². The third kappa shape index (κ3) is 9.21. The van der Waals surface area contributed by atoms with Crippen molar-refractivity contribution in [3.05, 3.63) is 16.7 Å². The molecule has 5 heterocycles. The quantitative estimate of drug-likeness (QED) is 0.131. The summed E-state index contributed by atoms with van der Waals surface area (Å²) in [4.78, 5) is 39.8. The largest absolute Gasteiger partial charge is 0.405 e. The van der Waals surface area contributed by atoms with E-state index in [-0.39, 0.29) is 30.2 Å². The Kier molecular flexibility index (Phi) is 12.8. The number of fused-ring (bicyclic) bond motifs is 1. The molecule has 50 heavy (non-hydrogen) atoms. The number of nitrogen functional groups attached to an aromatic ring is 1. The van der Waals surface area contributed by atoms with Crippen LogP contribution < -0.4 is 16.6 Å². The Balaban J connectivity index is 0.000000182. The molecule has 5 atom stereocenters. The maximum Gasteiger partial charge on any atom is 0.405 e. The van der Waals surface area contributed by atoms with Crippen LogP contribution in [0.1, 0.15) is 70.4 Å². The van der Waals surface area contributed by atoms with Crippen molar-refractivity contribution in [2.24, 2.45) is 4.99 Å². The number of guanidine groups is 1. The number of ether oxygens (including phenoxy) is 3. The Morgan fingerprint density at radius 3 is 2.32 bits per heavy atom. The highest BCUT2D eigenvalue weighted by Gasteiger charge is 2.46. The zero-order valence-corrected chi connectivity index (χ0v) is 29.4. The van der Waals surface area contributed by atoms with Crippen molar-refractivity contribution in [2.75, 3.05) is 64.9 Å². The van der Waals surface area contributed by atoms with Crippen molar-refractivity contribution in [3.63, 3.8) is 0 Å². The van der Waals surface area contributed by atoms with Crippen LogP contribution in [0.4, 0.5) is 5.95 Å². The van der Waals surface area contributed by atoms with Gasteiger partial charge in [-0.15, -0.1) is 0 Å². The molecular weight excluding hydrogens is 673 g/mol. The standard InChI is InChI=1S/C17H31N3O.C14H21N6O8P/c1-3-7-15(8-4-1)18-17(20-11-13-21-14-12-20)19-16-9-5-2-6-10-16;15-14-17-11-8(12(23)18-14)16-6-20(11)13-10(22)9(21)7(28-13)5-27-29(24,25)19-1-3-26-4-2-19/h15-16H,1-14H2,(H,18,19);6-7,9-10,13,21-22H,1-5H2,(H,24,25)(H3,15,17,18,23)/t;7-,9-,10-,13-/m.1/s1. The fourth-order valence-electron chi connectivity index (χ4n) is 7.08. The number of anilines is 1. The molecule has 0 aromatic carbocycles. The number of nitrogens with one attached hydrogen (secondary N) is 2. The minimum Gasteiger partial charge on any atom is -0.387 e. The second-order valence-corrected chi connectivity index (χ2v) is 15.3. The molecule has 2 aromatic rings. The van der Waals surface area contributed by atoms with E-state index >= 15 is 0 Å². The average Bonchev–Trinajstić information content (AvgIpc) is 3.68. The van der Waals surface area contributed by atoms with Gasteiger partial charge in [-0.05, 0) is 25.7 Å². The SMILES string of the molecule is C1CCC(N=C(NC2CCCCC2)N2CCOCC2)CC1.Nc1nc2c(ncn2[C@@H]2O[C@H](COP(=O)(O)N3CCOCC3)[C@@H](O)[C@H]2O)c(=O)[nH]1. The van der Waals surface area contributed by atoms with Gasteiger partial charge in [-0.2, -0.15) is 4.98 Å². The van der Waals surface area contributed by atoms with Crippen LogP contribution in [0.2, 0.25) is 0 Å². The first kappa shape index (κ1) is 37.1. The number of aliphatic hydroxyl groups is 2. The Morgan fingerprint density at radius 1 is 1.00 bits per heavy atom. The number of aliphatic imine (C=N–C) groups is 1. The summed E-state index contributed by atoms with van der Waals surface area (Å²) in [6.07, 6.45) is 9.57. The summed E-state index contributed by atoms with van der Waals surface area (Å²) in [5.74, 6) is 1.03. The molecule has 3 aliphatic heterocycles. The molecule has 7 N–H and O–H groups in total. The highest BCUT2D eigenvalue weighted by Crippen LogP contribution is 2.47. The van der Waals surface area contributed by atoms with Gasteiger partial charge in [0.05, 0.1) is 45.4 Å². The van der Waals surface area contributed by atoms with E-state index in [1.165, 1.54) is 85.7 Å². The summed E-state index contributed by atoms with van der Waals surface area (Å²) in [5, 5.41) is 24.5. The summed E-state index contributed by atoms with van der Waals surface area (Å²) in [6, 6.07) is 1.19. The molecule has 280 valence electrons. The zero-order chi connectivity index (χ0) is 35.1. The molecule has 5 fully saturated rings. The minimum atomic E-state index is -4.11. The van der Waals surface area contributed by atoms with E-state index in [0.29, 0.717) is 25.3 Å². The van der Waals surface area contributed by atoms with Crippen LogP contribution in [0.5, 0.6) is 0 Å². The summed E-state index contributed by atoms with van der Waals surface area (Å²) < 4.78 is 36.3. The molecular formula is C31H52N9O9P. The molecule has 19 heteroatoms. The second-order valence-electron chi connectivity index (χ2n) is 13.5. The predicted octanol–water partition coefficient (Wildman–Crippen LogP) is 0.700. The lowest BCUT2D eigenvalue weighted by Crippen LogP contribution is -2.51. The molecule has 3 saturated heterocycles. The highest BCUT2D eigenvalue weighted by atomic mass is 31.2. The van der Waals surface area contributed by atoms with E-state index < -0.39 is 44.5 Å². The van der Waals surface area contributed by atoms with Crippen molar-refractivity contribution in [1.82, 2.24) is 34.4 Å². The Hall–Kier alpha value is -2.67. The molecule has 1 unspecified atom stereocenters. The number of morpholine rings is 2. The molecule has 2 aliphatic carbocycles. The summed E-state index contributed by atoms with van der Waals surface area (Å²) >= 11 is 0. The van der Waals surface area contributed by atoms with Crippen molar-refractivity contribution in [3.8, 4) is 0 Å². The third-order valence-corrected chi connectivity index (χ3v) is 11.5. The van der Waals surface area contributed by atoms with Crippen LogP contribution in [0, 0.1) is 0 Å². The first-order valence-electron chi connectivity index (χ1n) is 17.9. The number of H-pyrrole nitrogens is 1. The first-order chi connectivity index (χ1) is 24.2. The van der Waals surface area contributed by atoms with E-state index in [4.69, 9.17) is 29.5 Å². The number of aromatic nitrogens is 4. The topological polar surface area (TPSA) is 235 Å². The maximum atomic E-state index is 12.4. The Labute approximate surface area is 290 Å². The minimum absolute atomic E-state index is 0.0173. The lowest BCUT2D eigenvalue weighted by molar-refractivity contribution is -0.0507. The van der Waals surface area contributed by atoms with Gasteiger partial charge in [-0.3, -0.25) is 18.9 Å². The van der Waals surface area contributed by atoms with Crippen molar-refractivity contribution < 1.29 is 38.4 Å². The van der Waals surface area contributed by atoms with Gasteiger partial charge in [0.15, 0.2) is 23.4 Å². The molecule has 0 spiro atoms. The van der Waals surface area contributed by atoms with Crippen molar-refractivity contribution in [1.29, 1.82) is 0 Å². The number of nitrogens with two attached hydrogens (primary N) is 1. The highest BCUT2D eigenvalue weighted by molar-refractivity contribution is 7.50. The fraction of sp³-hybridized carbons (Fsp3) is 0.806. The lowest BCUT2D eigenvalue weighted by Gasteiger charge is -2.34. The lowest BCUT2D eigenvalue weighted by atomic mass is 9.95. The number of hydrogen-bond donors (Lipinski definition) is 6. The number of imidazole rings is 1. The normalized spacial score (nSPS) is 29.0. The van der Waals surface area contributed by atoms with Crippen molar-refractivity contribution >= 4 is 30.8 Å². The van der Waals surface area contributed by atoms with Gasteiger partial charge in [0.2, 0.25) is 5.95 Å². The van der Waals surface area contributed by atoms with Gasteiger partial charge < -0.3 is 45.3 Å². The predicted molar refractivity (Wildman–Crippen MR) is 183 cm³/mol. The monoisotopic (exact) mass is 725 g/mol. The molecule has 0 amide bonds. The molecule has 2 aromatic heterocycles. The van der Waals surface area contributed by atoms with E-state index in [9.17, 15) is 24.5 Å². The molecule has 2 saturated carbocycles. The zero-order valence-electron chi connectivity index (χ0n) is 28.5. The number of rotatable bonds is 7. The van der Waals surface area contributed by atoms with Crippen LogP contribution in [-0.4, -0.2) is 140 Å². The summed E-state index contributed by atoms with van der Waals surface area (Å²) in [5.41, 5.74) is 5.03. The molecule has 18 nitrogen and oxygen atoms in total. The smallest absolute Gasteiger partial charge is 0.387 e. The number of hydrogen-bond acceptors (Lipinski definition) is 12. The van der Waals surface area contributed by atoms with E-state index in [1.807, 2.05) is 0 Å². The van der Waals surface area contributed by atoms with Gasteiger partial charge in [0.1, 0.15) is 18.3 Å². The molecule has 0 bridgehead atoms. The first-order valence-corrected chi connectivity index (χ1v) is 19.4. The van der Waals surface area contributed by atoms with Crippen LogP contribution in [0.3, 0.4) is 0 Å². The van der Waals surface area contributed by atoms with E-state index in [1.54, 1.807) is 0 Å². The number of nitrogens with zero attached hydrogens (tertiary/aromatic N) is 6. The number of aromatic amines is 1. The van der Waals surface area contributed by atoms with Gasteiger partial charge in [-0.1, -0.05) is 38.5 Å². The second kappa shape index (κ2) is 17.2. The Morgan fingerprint density at radius 2 is 1.64 bits per heavy atom. The molecule has 7 rings (SSSR count). The average molecular weight is 726 g/mol. The third-order valence-electron chi connectivity index (χ3n) is 9.94. The van der Waals surface area contributed by atoms with Gasteiger partial charge in [-0.25, -0.2) is 19.2 Å². The van der Waals surface area contributed by atoms with Crippen LogP contribution in [0.15, 0.2) is 16.1 Å². The molecule has 0 radical (unpaired) electrons. The van der Waals surface area contributed by atoms with Crippen LogP contribution in [-0.2, 0) is 23.3 Å². The van der Waals surface area contributed by atoms with E-state index in [2.05, 4.69) is 25.2 Å². The number of aliphatic hydroxyl groups excluding tert-OH is 2. The Bertz CT molecular complexity index is 1520. The summed E-state index contributed by atoms with van der Waals surface area (Å²) in [7, 11) is -4.11. The molecule has 5 aliphatic rings. The van der Waals surface area contributed by atoms with Gasteiger partial charge in [0, 0.05) is 32.2 Å². The maximum absolute atomic E-state index is 12.4. The van der Waals surface area contributed by atoms with Gasteiger partial charge >= 0.3 is 7.75 Å². The van der Waals surface area contributed by atoms with Crippen LogP contribution >= 0.6 is 7.75 Å². The van der Waals surface area contributed by atoms with Gasteiger partial charge in [0.25, 0.3) is 5.56 Å². The summed E-state index contributed by atoms with van der Waals surface area (Å²) in [6.45, 7) is 4.30. The fourth-order valence-corrected chi connectivity index (χ4v) is 8.26. The van der Waals surface area contributed by atoms with Crippen LogP contribution in [0.25, 0.3) is 11.2 Å². The van der Waals surface area contributed by atoms with E-state index in [0.717, 1.165) is 26.3 Å².